The molecule has 6 nitrogen and oxygen atoms in total. The van der Waals surface area contributed by atoms with Crippen LogP contribution < -0.4 is 10.6 Å². The number of nitrogens with zero attached hydrogens (tertiary/aromatic N) is 3. The Morgan fingerprint density at radius 2 is 2.14 bits per heavy atom. The molecule has 0 unspecified atom stereocenters. The van der Waals surface area contributed by atoms with Crippen LogP contribution >= 0.6 is 0 Å². The van der Waals surface area contributed by atoms with Crippen LogP contribution in [0, 0.1) is 6.92 Å². The summed E-state index contributed by atoms with van der Waals surface area (Å²) in [5.41, 5.74) is 4.24. The van der Waals surface area contributed by atoms with Crippen molar-refractivity contribution in [1.82, 2.24) is 25.4 Å². The number of fused-ring (bicyclic) bond motifs is 1. The van der Waals surface area contributed by atoms with Crippen molar-refractivity contribution in [1.29, 1.82) is 0 Å². The minimum absolute atomic E-state index is 0.0356. The number of hydrogen-bond donors (Lipinski definition) is 2. The molecule has 0 aliphatic carbocycles. The topological polar surface area (TPSA) is 71.8 Å². The van der Waals surface area contributed by atoms with Gasteiger partial charge in [0.15, 0.2) is 5.65 Å². The van der Waals surface area contributed by atoms with E-state index in [2.05, 4.69) is 21.7 Å². The zero-order valence-corrected chi connectivity index (χ0v) is 16.5. The highest BCUT2D eigenvalue weighted by molar-refractivity contribution is 5.83. The van der Waals surface area contributed by atoms with E-state index in [0.29, 0.717) is 19.0 Å². The summed E-state index contributed by atoms with van der Waals surface area (Å²) in [6.07, 6.45) is 2.90. The zero-order valence-electron chi connectivity index (χ0n) is 16.5. The van der Waals surface area contributed by atoms with E-state index in [1.54, 1.807) is 6.20 Å². The van der Waals surface area contributed by atoms with Crippen molar-refractivity contribution >= 4 is 16.9 Å². The first-order valence-corrected chi connectivity index (χ1v) is 10.00. The molecule has 146 valence electrons. The lowest BCUT2D eigenvalue weighted by atomic mass is 9.99. The smallest absolute Gasteiger partial charge is 0.227 e. The number of pyridine rings is 1. The highest BCUT2D eigenvalue weighted by Crippen LogP contribution is 2.27. The molecule has 28 heavy (non-hydrogen) atoms. The lowest BCUT2D eigenvalue weighted by Crippen LogP contribution is -2.31. The van der Waals surface area contributed by atoms with E-state index < -0.39 is 0 Å². The summed E-state index contributed by atoms with van der Waals surface area (Å²) < 4.78 is 1.93. The maximum Gasteiger partial charge on any atom is 0.227 e. The molecule has 3 heterocycles. The highest BCUT2D eigenvalue weighted by Gasteiger charge is 2.23. The van der Waals surface area contributed by atoms with Gasteiger partial charge in [0, 0.05) is 30.6 Å². The molecule has 3 aromatic rings. The van der Waals surface area contributed by atoms with Gasteiger partial charge in [-0.1, -0.05) is 29.8 Å². The Balaban J connectivity index is 1.43. The van der Waals surface area contributed by atoms with Gasteiger partial charge in [0.25, 0.3) is 0 Å². The molecule has 0 spiro atoms. The van der Waals surface area contributed by atoms with Crippen molar-refractivity contribution in [2.24, 2.45) is 0 Å². The molecular formula is C22H27N5O. The maximum absolute atomic E-state index is 12.5. The van der Waals surface area contributed by atoms with Crippen LogP contribution in [0.25, 0.3) is 11.0 Å². The molecule has 1 amide bonds. The number of amides is 1. The molecule has 6 heteroatoms. The molecule has 2 aromatic heterocycles. The van der Waals surface area contributed by atoms with Gasteiger partial charge >= 0.3 is 0 Å². The minimum atomic E-state index is -0.173. The number of hydrogen-bond acceptors (Lipinski definition) is 4. The van der Waals surface area contributed by atoms with Crippen LogP contribution in [0.1, 0.15) is 42.0 Å². The predicted molar refractivity (Wildman–Crippen MR) is 110 cm³/mol. The summed E-state index contributed by atoms with van der Waals surface area (Å²) in [5.74, 6) is 0.297. The quantitative estimate of drug-likeness (QED) is 0.693. The Labute approximate surface area is 165 Å². The van der Waals surface area contributed by atoms with Crippen molar-refractivity contribution in [2.45, 2.75) is 38.6 Å². The predicted octanol–water partition coefficient (Wildman–Crippen LogP) is 2.74. The number of nitrogens with one attached hydrogen (secondary N) is 2. The normalized spacial score (nSPS) is 17.7. The van der Waals surface area contributed by atoms with E-state index in [0.717, 1.165) is 41.8 Å². The molecule has 2 N–H and O–H groups in total. The number of rotatable bonds is 6. The van der Waals surface area contributed by atoms with Crippen LogP contribution in [0.5, 0.6) is 0 Å². The van der Waals surface area contributed by atoms with Gasteiger partial charge in [-0.15, -0.1) is 0 Å². The standard InChI is InChI=1S/C22H27N5O/c1-15-5-7-17(8-6-15)16(2)22(28)25-12-13-27-21-19(4-3-10-24-21)20(26-27)18-9-11-23-14-18/h3-8,10,16,18,23H,9,11-14H2,1-2H3,(H,25,28)/t16-,18+/m1/s1. The number of benzene rings is 1. The van der Waals surface area contributed by atoms with Gasteiger partial charge in [-0.3, -0.25) is 4.79 Å². The Hall–Kier alpha value is -2.73. The SMILES string of the molecule is Cc1ccc([C@@H](C)C(=O)NCCn2nc([C@H]3CCNC3)c3cccnc32)cc1. The number of aromatic nitrogens is 3. The molecule has 0 saturated carbocycles. The molecule has 1 aliphatic heterocycles. The average Bonchev–Trinajstić information content (AvgIpc) is 3.36. The lowest BCUT2D eigenvalue weighted by Gasteiger charge is -2.13. The fourth-order valence-corrected chi connectivity index (χ4v) is 3.82. The minimum Gasteiger partial charge on any atom is -0.354 e. The summed E-state index contributed by atoms with van der Waals surface area (Å²) in [5, 5.41) is 12.4. The average molecular weight is 377 g/mol. The molecule has 2 atom stereocenters. The third-order valence-electron chi connectivity index (χ3n) is 5.58. The summed E-state index contributed by atoms with van der Waals surface area (Å²) in [4.78, 5) is 17.1. The van der Waals surface area contributed by atoms with Crippen molar-refractivity contribution in [3.63, 3.8) is 0 Å². The maximum atomic E-state index is 12.5. The zero-order chi connectivity index (χ0) is 19.5. The van der Waals surface area contributed by atoms with Gasteiger partial charge in [0.05, 0.1) is 18.2 Å². The first kappa shape index (κ1) is 18.6. The van der Waals surface area contributed by atoms with Gasteiger partial charge in [0.2, 0.25) is 5.91 Å². The lowest BCUT2D eigenvalue weighted by molar-refractivity contribution is -0.122. The summed E-state index contributed by atoms with van der Waals surface area (Å²) >= 11 is 0. The second-order valence-corrected chi connectivity index (χ2v) is 7.60. The van der Waals surface area contributed by atoms with Crippen molar-refractivity contribution in [3.8, 4) is 0 Å². The molecule has 1 aromatic carbocycles. The monoisotopic (exact) mass is 377 g/mol. The third-order valence-corrected chi connectivity index (χ3v) is 5.58. The molecule has 1 fully saturated rings. The van der Waals surface area contributed by atoms with E-state index >= 15 is 0 Å². The van der Waals surface area contributed by atoms with Gasteiger partial charge in [-0.25, -0.2) is 9.67 Å². The summed E-state index contributed by atoms with van der Waals surface area (Å²) in [7, 11) is 0. The van der Waals surface area contributed by atoms with Crippen LogP contribution in [-0.4, -0.2) is 40.3 Å². The first-order chi connectivity index (χ1) is 13.6. The molecule has 0 bridgehead atoms. The second-order valence-electron chi connectivity index (χ2n) is 7.60. The Morgan fingerprint density at radius 3 is 2.89 bits per heavy atom. The largest absolute Gasteiger partial charge is 0.354 e. The molecular weight excluding hydrogens is 350 g/mol. The number of carbonyl (C=O) groups is 1. The molecule has 1 saturated heterocycles. The fourth-order valence-electron chi connectivity index (χ4n) is 3.82. The van der Waals surface area contributed by atoms with Gasteiger partial charge in [-0.2, -0.15) is 5.10 Å². The molecule has 0 radical (unpaired) electrons. The second kappa shape index (κ2) is 8.10. The van der Waals surface area contributed by atoms with Crippen molar-refractivity contribution < 1.29 is 4.79 Å². The Kier molecular flexibility index (Phi) is 5.39. The van der Waals surface area contributed by atoms with E-state index in [1.807, 2.05) is 48.9 Å². The van der Waals surface area contributed by atoms with Crippen LogP contribution in [0.2, 0.25) is 0 Å². The first-order valence-electron chi connectivity index (χ1n) is 10.00. The summed E-state index contributed by atoms with van der Waals surface area (Å²) in [6, 6.07) is 12.2. The van der Waals surface area contributed by atoms with E-state index in [9.17, 15) is 4.79 Å². The third kappa shape index (κ3) is 3.78. The van der Waals surface area contributed by atoms with Crippen molar-refractivity contribution in [2.75, 3.05) is 19.6 Å². The van der Waals surface area contributed by atoms with E-state index in [1.165, 1.54) is 5.56 Å². The van der Waals surface area contributed by atoms with Crippen LogP contribution in [0.15, 0.2) is 42.6 Å². The van der Waals surface area contributed by atoms with Gasteiger partial charge in [-0.05, 0) is 44.5 Å². The van der Waals surface area contributed by atoms with Crippen LogP contribution in [0.3, 0.4) is 0 Å². The van der Waals surface area contributed by atoms with Gasteiger partial charge < -0.3 is 10.6 Å². The number of aryl methyl sites for hydroxylation is 1. The molecule has 1 aliphatic rings. The van der Waals surface area contributed by atoms with E-state index in [-0.39, 0.29) is 11.8 Å². The Bertz CT molecular complexity index is 957. The summed E-state index contributed by atoms with van der Waals surface area (Å²) in [6.45, 7) is 7.13. The van der Waals surface area contributed by atoms with Crippen LogP contribution in [-0.2, 0) is 11.3 Å². The number of carbonyl (C=O) groups excluding carboxylic acids is 1. The molecule has 4 rings (SSSR count). The Morgan fingerprint density at radius 1 is 1.32 bits per heavy atom. The van der Waals surface area contributed by atoms with Crippen LogP contribution in [0.4, 0.5) is 0 Å². The highest BCUT2D eigenvalue weighted by atomic mass is 16.1. The van der Waals surface area contributed by atoms with E-state index in [4.69, 9.17) is 5.10 Å². The van der Waals surface area contributed by atoms with Gasteiger partial charge in [0.1, 0.15) is 0 Å². The van der Waals surface area contributed by atoms with Crippen molar-refractivity contribution in [3.05, 3.63) is 59.4 Å². The fraction of sp³-hybridized carbons (Fsp3) is 0.409.